The third-order valence-corrected chi connectivity index (χ3v) is 4.90. The topological polar surface area (TPSA) is 60.4 Å². The van der Waals surface area contributed by atoms with Crippen molar-refractivity contribution in [1.29, 1.82) is 0 Å². The van der Waals surface area contributed by atoms with Crippen LogP contribution in [0.1, 0.15) is 34.0 Å². The number of carbonyl (C=O) groups is 1. The van der Waals surface area contributed by atoms with Gasteiger partial charge in [0.1, 0.15) is 10.6 Å². The van der Waals surface area contributed by atoms with Crippen molar-refractivity contribution in [1.82, 2.24) is 0 Å². The summed E-state index contributed by atoms with van der Waals surface area (Å²) in [6.45, 7) is 6.93. The molecular formula is C17H18O4S. The molecule has 0 aliphatic rings. The fourth-order valence-electron chi connectivity index (χ4n) is 2.14. The van der Waals surface area contributed by atoms with Crippen molar-refractivity contribution in [3.8, 4) is 5.75 Å². The van der Waals surface area contributed by atoms with Gasteiger partial charge in [-0.1, -0.05) is 18.2 Å². The molecule has 0 saturated heterocycles. The molecule has 0 N–H and O–H groups in total. The summed E-state index contributed by atoms with van der Waals surface area (Å²) < 4.78 is 30.1. The second-order valence-electron chi connectivity index (χ2n) is 5.32. The Kier molecular flexibility index (Phi) is 4.37. The number of aryl methyl sites for hydroxylation is 3. The molecule has 0 radical (unpaired) electrons. The SMILES string of the molecule is CC(=O)c1cccc(OS(=O)(=O)c2cc(C)c(C)cc2C)c1. The summed E-state index contributed by atoms with van der Waals surface area (Å²) in [5, 5.41) is 0. The zero-order valence-electron chi connectivity index (χ0n) is 13.0. The third-order valence-electron chi connectivity index (χ3n) is 3.51. The van der Waals surface area contributed by atoms with E-state index in [-0.39, 0.29) is 16.4 Å². The molecule has 0 aromatic heterocycles. The molecule has 0 amide bonds. The van der Waals surface area contributed by atoms with E-state index in [0.29, 0.717) is 11.1 Å². The first-order valence-corrected chi connectivity index (χ1v) is 8.25. The minimum Gasteiger partial charge on any atom is -0.379 e. The lowest BCUT2D eigenvalue weighted by atomic mass is 10.1. The summed E-state index contributed by atoms with van der Waals surface area (Å²) in [6, 6.07) is 9.57. The van der Waals surface area contributed by atoms with Gasteiger partial charge in [-0.3, -0.25) is 4.79 Å². The lowest BCUT2D eigenvalue weighted by Crippen LogP contribution is -2.12. The predicted molar refractivity (Wildman–Crippen MR) is 84.9 cm³/mol. The number of Topliss-reactive ketones (excluding diaryl/α,β-unsaturated/α-hetero) is 1. The minimum absolute atomic E-state index is 0.130. The second-order valence-corrected chi connectivity index (χ2v) is 6.84. The van der Waals surface area contributed by atoms with Gasteiger partial charge in [0.05, 0.1) is 0 Å². The third kappa shape index (κ3) is 3.36. The lowest BCUT2D eigenvalue weighted by Gasteiger charge is -2.12. The Balaban J connectivity index is 2.42. The van der Waals surface area contributed by atoms with Crippen molar-refractivity contribution in [2.24, 2.45) is 0 Å². The average molecular weight is 318 g/mol. The van der Waals surface area contributed by atoms with Crippen molar-refractivity contribution < 1.29 is 17.4 Å². The molecule has 2 rings (SSSR count). The first kappa shape index (κ1) is 16.2. The molecule has 0 fully saturated rings. The van der Waals surface area contributed by atoms with Crippen LogP contribution in [0.25, 0.3) is 0 Å². The average Bonchev–Trinajstić information content (AvgIpc) is 2.42. The van der Waals surface area contributed by atoms with Gasteiger partial charge in [0.2, 0.25) is 0 Å². The maximum atomic E-state index is 12.5. The fourth-order valence-corrected chi connectivity index (χ4v) is 3.36. The van der Waals surface area contributed by atoms with E-state index >= 15 is 0 Å². The largest absolute Gasteiger partial charge is 0.379 e. The Morgan fingerprint density at radius 3 is 2.23 bits per heavy atom. The van der Waals surface area contributed by atoms with E-state index in [2.05, 4.69) is 0 Å². The van der Waals surface area contributed by atoms with Crippen molar-refractivity contribution >= 4 is 15.9 Å². The van der Waals surface area contributed by atoms with Crippen LogP contribution in [-0.4, -0.2) is 14.2 Å². The summed E-state index contributed by atoms with van der Waals surface area (Å²) >= 11 is 0. The van der Waals surface area contributed by atoms with E-state index in [4.69, 9.17) is 4.18 Å². The summed E-state index contributed by atoms with van der Waals surface area (Å²) in [4.78, 5) is 11.5. The summed E-state index contributed by atoms with van der Waals surface area (Å²) in [5.74, 6) is -0.0180. The van der Waals surface area contributed by atoms with Crippen LogP contribution in [0.15, 0.2) is 41.3 Å². The molecule has 0 aliphatic heterocycles. The van der Waals surface area contributed by atoms with Crippen molar-refractivity contribution in [3.63, 3.8) is 0 Å². The molecule has 0 atom stereocenters. The van der Waals surface area contributed by atoms with E-state index in [0.717, 1.165) is 11.1 Å². The van der Waals surface area contributed by atoms with Crippen LogP contribution in [0.2, 0.25) is 0 Å². The van der Waals surface area contributed by atoms with Gasteiger partial charge < -0.3 is 4.18 Å². The molecule has 116 valence electrons. The number of carbonyl (C=O) groups excluding carboxylic acids is 1. The van der Waals surface area contributed by atoms with Gasteiger partial charge in [-0.2, -0.15) is 8.42 Å². The van der Waals surface area contributed by atoms with Crippen LogP contribution in [0.3, 0.4) is 0 Å². The molecule has 2 aromatic carbocycles. The van der Waals surface area contributed by atoms with E-state index in [1.165, 1.54) is 19.1 Å². The number of ketones is 1. The zero-order valence-corrected chi connectivity index (χ0v) is 13.8. The van der Waals surface area contributed by atoms with Gasteiger partial charge in [0.25, 0.3) is 0 Å². The molecule has 0 unspecified atom stereocenters. The molecule has 2 aromatic rings. The van der Waals surface area contributed by atoms with Gasteiger partial charge >= 0.3 is 10.1 Å². The Labute approximate surface area is 130 Å². The van der Waals surface area contributed by atoms with Crippen LogP contribution in [-0.2, 0) is 10.1 Å². The normalized spacial score (nSPS) is 11.3. The standard InChI is InChI=1S/C17H18O4S/c1-11-8-13(3)17(9-12(11)2)22(19,20)21-16-7-5-6-15(10-16)14(4)18/h5-10H,1-4H3. The molecule has 22 heavy (non-hydrogen) atoms. The number of hydrogen-bond acceptors (Lipinski definition) is 4. The van der Waals surface area contributed by atoms with Gasteiger partial charge in [0.15, 0.2) is 5.78 Å². The van der Waals surface area contributed by atoms with Crippen LogP contribution in [0.4, 0.5) is 0 Å². The molecular weight excluding hydrogens is 300 g/mol. The zero-order chi connectivity index (χ0) is 16.5. The van der Waals surface area contributed by atoms with Gasteiger partial charge in [0, 0.05) is 5.56 Å². The highest BCUT2D eigenvalue weighted by Gasteiger charge is 2.20. The second kappa shape index (κ2) is 5.93. The van der Waals surface area contributed by atoms with E-state index in [1.54, 1.807) is 25.1 Å². The summed E-state index contributed by atoms with van der Waals surface area (Å²) in [5.41, 5.74) is 2.94. The molecule has 0 aliphatic carbocycles. The predicted octanol–water partition coefficient (Wildman–Crippen LogP) is 3.58. The number of hydrogen-bond donors (Lipinski definition) is 0. The smallest absolute Gasteiger partial charge is 0.339 e. The van der Waals surface area contributed by atoms with E-state index < -0.39 is 10.1 Å². The van der Waals surface area contributed by atoms with Crippen molar-refractivity contribution in [2.75, 3.05) is 0 Å². The monoisotopic (exact) mass is 318 g/mol. The number of rotatable bonds is 4. The van der Waals surface area contributed by atoms with Gasteiger partial charge in [-0.05, 0) is 62.6 Å². The van der Waals surface area contributed by atoms with Crippen LogP contribution in [0.5, 0.6) is 5.75 Å². The molecule has 0 heterocycles. The quantitative estimate of drug-likeness (QED) is 0.638. The molecule has 5 heteroatoms. The Bertz CT molecular complexity index is 836. The molecule has 0 spiro atoms. The molecule has 4 nitrogen and oxygen atoms in total. The molecule has 0 saturated carbocycles. The first-order valence-electron chi connectivity index (χ1n) is 6.84. The summed E-state index contributed by atoms with van der Waals surface area (Å²) in [6.07, 6.45) is 0. The number of benzene rings is 2. The van der Waals surface area contributed by atoms with E-state index in [9.17, 15) is 13.2 Å². The van der Waals surface area contributed by atoms with Crippen LogP contribution < -0.4 is 4.18 Å². The van der Waals surface area contributed by atoms with Crippen LogP contribution >= 0.6 is 0 Å². The fraction of sp³-hybridized carbons (Fsp3) is 0.235. The molecule has 0 bridgehead atoms. The van der Waals surface area contributed by atoms with Gasteiger partial charge in [-0.15, -0.1) is 0 Å². The minimum atomic E-state index is -3.94. The Morgan fingerprint density at radius 1 is 0.955 bits per heavy atom. The maximum Gasteiger partial charge on any atom is 0.339 e. The Morgan fingerprint density at radius 2 is 1.59 bits per heavy atom. The maximum absolute atomic E-state index is 12.5. The Hall–Kier alpha value is -2.14. The first-order chi connectivity index (χ1) is 10.2. The summed E-state index contributed by atoms with van der Waals surface area (Å²) in [7, 11) is -3.94. The highest BCUT2D eigenvalue weighted by Crippen LogP contribution is 2.24. The van der Waals surface area contributed by atoms with E-state index in [1.807, 2.05) is 19.9 Å². The lowest BCUT2D eigenvalue weighted by molar-refractivity contribution is 0.101. The van der Waals surface area contributed by atoms with Crippen LogP contribution in [0, 0.1) is 20.8 Å². The van der Waals surface area contributed by atoms with Crippen molar-refractivity contribution in [3.05, 3.63) is 58.7 Å². The highest BCUT2D eigenvalue weighted by atomic mass is 32.2. The van der Waals surface area contributed by atoms with Crippen molar-refractivity contribution in [2.45, 2.75) is 32.6 Å². The van der Waals surface area contributed by atoms with Gasteiger partial charge in [-0.25, -0.2) is 0 Å². The highest BCUT2D eigenvalue weighted by molar-refractivity contribution is 7.87.